The number of amides is 1. The summed E-state index contributed by atoms with van der Waals surface area (Å²) in [5.41, 5.74) is 3.25. The predicted molar refractivity (Wildman–Crippen MR) is 131 cm³/mol. The van der Waals surface area contributed by atoms with Gasteiger partial charge in [0.1, 0.15) is 11.4 Å². The number of methoxy groups -OCH3 is 1. The first-order valence-corrected chi connectivity index (χ1v) is 11.6. The summed E-state index contributed by atoms with van der Waals surface area (Å²) >= 11 is 7.37. The van der Waals surface area contributed by atoms with E-state index in [0.29, 0.717) is 34.0 Å². The zero-order valence-electron chi connectivity index (χ0n) is 18.4. The molecule has 2 aromatic carbocycles. The minimum absolute atomic E-state index is 0.159. The van der Waals surface area contributed by atoms with Crippen molar-refractivity contribution >= 4 is 35.0 Å². The van der Waals surface area contributed by atoms with E-state index in [9.17, 15) is 4.79 Å². The van der Waals surface area contributed by atoms with Gasteiger partial charge < -0.3 is 14.6 Å². The van der Waals surface area contributed by atoms with Crippen molar-refractivity contribution in [1.82, 2.24) is 24.5 Å². The Hall–Kier alpha value is -3.30. The molecular weight excluding hydrogens is 460 g/mol. The molecule has 8 nitrogen and oxygen atoms in total. The highest BCUT2D eigenvalue weighted by molar-refractivity contribution is 7.99. The number of benzene rings is 2. The SMILES string of the molecule is CCn1c(SCC(=O)Nc2cc(Cl)ccc2OC)nnc1-c1cn(C)nc1-c1ccccc1. The van der Waals surface area contributed by atoms with Crippen LogP contribution in [0.25, 0.3) is 22.6 Å². The smallest absolute Gasteiger partial charge is 0.234 e. The van der Waals surface area contributed by atoms with Crippen molar-refractivity contribution in [1.29, 1.82) is 0 Å². The van der Waals surface area contributed by atoms with E-state index in [1.165, 1.54) is 11.8 Å². The lowest BCUT2D eigenvalue weighted by Gasteiger charge is -2.11. The summed E-state index contributed by atoms with van der Waals surface area (Å²) in [6, 6.07) is 15.0. The van der Waals surface area contributed by atoms with Crippen LogP contribution in [0.5, 0.6) is 5.75 Å². The Morgan fingerprint density at radius 3 is 2.70 bits per heavy atom. The van der Waals surface area contributed by atoms with Gasteiger partial charge in [-0.25, -0.2) is 0 Å². The van der Waals surface area contributed by atoms with E-state index in [2.05, 4.69) is 20.6 Å². The second-order valence-electron chi connectivity index (χ2n) is 7.16. The van der Waals surface area contributed by atoms with Crippen LogP contribution >= 0.6 is 23.4 Å². The van der Waals surface area contributed by atoms with Gasteiger partial charge in [-0.15, -0.1) is 10.2 Å². The lowest BCUT2D eigenvalue weighted by atomic mass is 10.1. The van der Waals surface area contributed by atoms with Crippen LogP contribution in [0.3, 0.4) is 0 Å². The first kappa shape index (κ1) is 22.9. The number of nitrogens with one attached hydrogen (secondary N) is 1. The Morgan fingerprint density at radius 1 is 1.18 bits per heavy atom. The van der Waals surface area contributed by atoms with Crippen LogP contribution in [-0.4, -0.2) is 43.3 Å². The maximum atomic E-state index is 12.6. The number of thioether (sulfide) groups is 1. The third kappa shape index (κ3) is 5.04. The number of aryl methyl sites for hydroxylation is 1. The summed E-state index contributed by atoms with van der Waals surface area (Å²) < 4.78 is 9.04. The summed E-state index contributed by atoms with van der Waals surface area (Å²) in [5.74, 6) is 1.22. The predicted octanol–water partition coefficient (Wildman–Crippen LogP) is 4.76. The minimum Gasteiger partial charge on any atom is -0.495 e. The number of carbonyl (C=O) groups is 1. The van der Waals surface area contributed by atoms with Crippen LogP contribution in [0.4, 0.5) is 5.69 Å². The van der Waals surface area contributed by atoms with Gasteiger partial charge in [-0.2, -0.15) is 5.10 Å². The number of nitrogens with zero attached hydrogens (tertiary/aromatic N) is 5. The average Bonchev–Trinajstić information content (AvgIpc) is 3.41. The fraction of sp³-hybridized carbons (Fsp3) is 0.217. The molecule has 0 aliphatic heterocycles. The number of hydrogen-bond donors (Lipinski definition) is 1. The van der Waals surface area contributed by atoms with Crippen LogP contribution in [0, 0.1) is 0 Å². The fourth-order valence-corrected chi connectivity index (χ4v) is 4.41. The number of halogens is 1. The number of anilines is 1. The number of rotatable bonds is 8. The topological polar surface area (TPSA) is 86.9 Å². The maximum absolute atomic E-state index is 12.6. The first-order valence-electron chi connectivity index (χ1n) is 10.3. The van der Waals surface area contributed by atoms with E-state index in [1.807, 2.05) is 55.1 Å². The highest BCUT2D eigenvalue weighted by Crippen LogP contribution is 2.32. The van der Waals surface area contributed by atoms with Crippen LogP contribution in [-0.2, 0) is 18.4 Å². The summed E-state index contributed by atoms with van der Waals surface area (Å²) in [4.78, 5) is 12.6. The molecule has 2 heterocycles. The van der Waals surface area contributed by atoms with Crippen molar-refractivity contribution in [3.63, 3.8) is 0 Å². The Balaban J connectivity index is 1.54. The molecule has 0 fully saturated rings. The molecule has 1 N–H and O–H groups in total. The van der Waals surface area contributed by atoms with Gasteiger partial charge in [-0.3, -0.25) is 9.48 Å². The van der Waals surface area contributed by atoms with Crippen molar-refractivity contribution in [3.05, 3.63) is 59.8 Å². The third-order valence-electron chi connectivity index (χ3n) is 4.92. The Morgan fingerprint density at radius 2 is 1.97 bits per heavy atom. The molecule has 0 unspecified atom stereocenters. The van der Waals surface area contributed by atoms with Gasteiger partial charge in [0.2, 0.25) is 5.91 Å². The van der Waals surface area contributed by atoms with Gasteiger partial charge in [-0.1, -0.05) is 53.7 Å². The van der Waals surface area contributed by atoms with E-state index >= 15 is 0 Å². The second kappa shape index (κ2) is 10.1. The maximum Gasteiger partial charge on any atom is 0.234 e. The summed E-state index contributed by atoms with van der Waals surface area (Å²) in [6.45, 7) is 2.67. The first-order chi connectivity index (χ1) is 16.0. The molecule has 10 heteroatoms. The third-order valence-corrected chi connectivity index (χ3v) is 6.12. The molecule has 2 aromatic heterocycles. The van der Waals surface area contributed by atoms with E-state index in [1.54, 1.807) is 30.0 Å². The molecule has 4 rings (SSSR count). The summed E-state index contributed by atoms with van der Waals surface area (Å²) in [6.07, 6.45) is 1.94. The van der Waals surface area contributed by atoms with Crippen LogP contribution in [0.2, 0.25) is 5.02 Å². The molecule has 170 valence electrons. The highest BCUT2D eigenvalue weighted by Gasteiger charge is 2.20. The van der Waals surface area contributed by atoms with Gasteiger partial charge in [0.15, 0.2) is 11.0 Å². The van der Waals surface area contributed by atoms with Crippen molar-refractivity contribution in [3.8, 4) is 28.4 Å². The van der Waals surface area contributed by atoms with E-state index in [-0.39, 0.29) is 11.7 Å². The Bertz CT molecular complexity index is 1270. The number of hydrogen-bond acceptors (Lipinski definition) is 6. The largest absolute Gasteiger partial charge is 0.495 e. The van der Waals surface area contributed by atoms with Crippen LogP contribution in [0.15, 0.2) is 59.9 Å². The zero-order valence-corrected chi connectivity index (χ0v) is 20.0. The molecule has 0 aliphatic carbocycles. The number of carbonyl (C=O) groups excluding carboxylic acids is 1. The van der Waals surface area contributed by atoms with Gasteiger partial charge in [0.25, 0.3) is 0 Å². The summed E-state index contributed by atoms with van der Waals surface area (Å²) in [7, 11) is 3.42. The number of aromatic nitrogens is 5. The molecule has 0 saturated carbocycles. The molecular formula is C23H23ClN6O2S. The standard InChI is InChI=1S/C23H23ClN6O2S/c1-4-30-22(17-13-29(2)28-21(17)15-8-6-5-7-9-15)26-27-23(30)33-14-20(31)25-18-12-16(24)10-11-19(18)32-3/h5-13H,4,14H2,1-3H3,(H,25,31). The monoisotopic (exact) mass is 482 g/mol. The molecule has 1 amide bonds. The second-order valence-corrected chi connectivity index (χ2v) is 8.54. The molecule has 33 heavy (non-hydrogen) atoms. The highest BCUT2D eigenvalue weighted by atomic mass is 35.5. The van der Waals surface area contributed by atoms with Gasteiger partial charge in [0, 0.05) is 30.4 Å². The zero-order chi connectivity index (χ0) is 23.4. The van der Waals surface area contributed by atoms with Crippen molar-refractivity contribution in [2.75, 3.05) is 18.2 Å². The lowest BCUT2D eigenvalue weighted by molar-refractivity contribution is -0.113. The minimum atomic E-state index is -0.195. The van der Waals surface area contributed by atoms with Crippen LogP contribution < -0.4 is 10.1 Å². The molecule has 0 bridgehead atoms. The van der Waals surface area contributed by atoms with Crippen LogP contribution in [0.1, 0.15) is 6.92 Å². The quantitative estimate of drug-likeness (QED) is 0.364. The average molecular weight is 483 g/mol. The summed E-state index contributed by atoms with van der Waals surface area (Å²) in [5, 5.41) is 17.4. The van der Waals surface area contributed by atoms with E-state index in [0.717, 1.165) is 16.8 Å². The lowest BCUT2D eigenvalue weighted by Crippen LogP contribution is -2.15. The van der Waals surface area contributed by atoms with Gasteiger partial charge in [0.05, 0.1) is 24.1 Å². The Labute approximate surface area is 200 Å². The van der Waals surface area contributed by atoms with Crippen molar-refractivity contribution in [2.45, 2.75) is 18.6 Å². The fourth-order valence-electron chi connectivity index (χ4n) is 3.44. The van der Waals surface area contributed by atoms with Gasteiger partial charge in [-0.05, 0) is 25.1 Å². The molecule has 0 aliphatic rings. The van der Waals surface area contributed by atoms with E-state index < -0.39 is 0 Å². The normalized spacial score (nSPS) is 10.9. The molecule has 4 aromatic rings. The molecule has 0 saturated heterocycles. The molecule has 0 radical (unpaired) electrons. The van der Waals surface area contributed by atoms with E-state index in [4.69, 9.17) is 16.3 Å². The van der Waals surface area contributed by atoms with Gasteiger partial charge >= 0.3 is 0 Å². The van der Waals surface area contributed by atoms with Crippen molar-refractivity contribution in [2.24, 2.45) is 7.05 Å². The number of ether oxygens (including phenoxy) is 1. The molecule has 0 atom stereocenters. The van der Waals surface area contributed by atoms with Crippen molar-refractivity contribution < 1.29 is 9.53 Å². The Kier molecular flexibility index (Phi) is 7.00. The molecule has 0 spiro atoms.